The highest BCUT2D eigenvalue weighted by molar-refractivity contribution is 5.50. The van der Waals surface area contributed by atoms with Crippen molar-refractivity contribution in [3.63, 3.8) is 0 Å². The van der Waals surface area contributed by atoms with E-state index in [-0.39, 0.29) is 12.1 Å². The smallest absolute Gasteiger partial charge is 0.219 e. The lowest BCUT2D eigenvalue weighted by atomic mass is 10.1. The van der Waals surface area contributed by atoms with E-state index in [1.807, 2.05) is 25.2 Å². The number of hydrogen-bond donors (Lipinski definition) is 2. The van der Waals surface area contributed by atoms with Crippen molar-refractivity contribution in [2.45, 2.75) is 12.3 Å². The maximum absolute atomic E-state index is 5.92. The molecule has 3 heterocycles. The number of nitrogens with zero attached hydrogens (tertiary/aromatic N) is 2. The van der Waals surface area contributed by atoms with Crippen LogP contribution in [0.1, 0.15) is 11.6 Å². The van der Waals surface area contributed by atoms with Gasteiger partial charge in [0.05, 0.1) is 17.7 Å². The summed E-state index contributed by atoms with van der Waals surface area (Å²) in [6, 6.07) is 6.05. The van der Waals surface area contributed by atoms with Crippen LogP contribution in [0.25, 0.3) is 12.5 Å². The summed E-state index contributed by atoms with van der Waals surface area (Å²) in [5.41, 5.74) is 7.06. The van der Waals surface area contributed by atoms with Gasteiger partial charge in [-0.3, -0.25) is 4.90 Å². The summed E-state index contributed by atoms with van der Waals surface area (Å²) in [5, 5.41) is 1.16. The molecule has 3 atom stereocenters. The molecule has 102 valence electrons. The molecule has 2 aliphatic rings. The Kier molecular flexibility index (Phi) is 2.14. The third-order valence-corrected chi connectivity index (χ3v) is 3.75. The summed E-state index contributed by atoms with van der Waals surface area (Å²) in [6.45, 7) is 3.80. The van der Waals surface area contributed by atoms with E-state index < -0.39 is 0 Å². The fourth-order valence-electron chi connectivity index (χ4n) is 2.60. The molecule has 6 nitrogen and oxygen atoms in total. The van der Waals surface area contributed by atoms with Gasteiger partial charge in [-0.25, -0.2) is 4.98 Å². The highest BCUT2D eigenvalue weighted by Crippen LogP contribution is 2.52. The van der Waals surface area contributed by atoms with Gasteiger partial charge in [-0.1, -0.05) is 6.58 Å². The van der Waals surface area contributed by atoms with Crippen LogP contribution in [0.15, 0.2) is 24.5 Å². The van der Waals surface area contributed by atoms with Crippen LogP contribution in [-0.2, 0) is 0 Å². The number of ether oxygens (including phenoxy) is 2. The average molecular weight is 270 g/mol. The van der Waals surface area contributed by atoms with Crippen LogP contribution in [-0.4, -0.2) is 28.1 Å². The quantitative estimate of drug-likeness (QED) is 0.728. The van der Waals surface area contributed by atoms with Gasteiger partial charge in [-0.05, 0) is 25.2 Å². The zero-order chi connectivity index (χ0) is 13.9. The molecule has 0 aliphatic carbocycles. The Hall–Kier alpha value is -2.47. The van der Waals surface area contributed by atoms with Gasteiger partial charge in [0.2, 0.25) is 5.88 Å². The van der Waals surface area contributed by atoms with Crippen molar-refractivity contribution >= 4 is 12.5 Å². The molecule has 0 spiro atoms. The first-order valence-corrected chi connectivity index (χ1v) is 6.33. The van der Waals surface area contributed by atoms with E-state index in [2.05, 4.69) is 21.4 Å². The Balaban J connectivity index is 1.69. The summed E-state index contributed by atoms with van der Waals surface area (Å²) < 4.78 is 11.4. The van der Waals surface area contributed by atoms with Crippen molar-refractivity contribution < 1.29 is 9.47 Å². The number of likely N-dealkylation sites (N-methyl/N-ethyl adjacent to an activating group) is 1. The predicted octanol–water partition coefficient (Wildman–Crippen LogP) is -0.372. The second-order valence-corrected chi connectivity index (χ2v) is 5.01. The molecular weight excluding hydrogens is 256 g/mol. The molecule has 6 heteroatoms. The second-order valence-electron chi connectivity index (χ2n) is 5.01. The van der Waals surface area contributed by atoms with Crippen molar-refractivity contribution in [2.75, 3.05) is 7.05 Å². The Labute approximate surface area is 115 Å². The third-order valence-electron chi connectivity index (χ3n) is 3.75. The van der Waals surface area contributed by atoms with Crippen LogP contribution in [0.3, 0.4) is 0 Å². The molecule has 0 bridgehead atoms. The molecule has 0 radical (unpaired) electrons. The highest BCUT2D eigenvalue weighted by atomic mass is 16.5. The molecule has 3 N–H and O–H groups in total. The molecule has 2 aromatic rings. The van der Waals surface area contributed by atoms with E-state index in [0.29, 0.717) is 22.5 Å². The fraction of sp³-hybridized carbons (Fsp3) is 0.214. The van der Waals surface area contributed by atoms with Crippen molar-refractivity contribution in [1.29, 1.82) is 0 Å². The van der Waals surface area contributed by atoms with Crippen LogP contribution in [0.4, 0.5) is 0 Å². The monoisotopic (exact) mass is 270 g/mol. The van der Waals surface area contributed by atoms with Crippen molar-refractivity contribution in [3.05, 3.63) is 40.8 Å². The maximum atomic E-state index is 5.92. The van der Waals surface area contributed by atoms with Gasteiger partial charge < -0.3 is 20.2 Å². The molecule has 1 unspecified atom stereocenters. The number of rotatable bonds is 2. The van der Waals surface area contributed by atoms with E-state index in [1.54, 1.807) is 0 Å². The van der Waals surface area contributed by atoms with Gasteiger partial charge in [0, 0.05) is 5.56 Å². The Morgan fingerprint density at radius 3 is 3.15 bits per heavy atom. The van der Waals surface area contributed by atoms with E-state index >= 15 is 0 Å². The Bertz CT molecular complexity index is 798. The Morgan fingerprint density at radius 2 is 2.40 bits per heavy atom. The summed E-state index contributed by atoms with van der Waals surface area (Å²) in [5.74, 6) is 1.82. The summed E-state index contributed by atoms with van der Waals surface area (Å²) in [4.78, 5) is 9.10. The molecular formula is C14H14N4O2. The number of fused-ring (bicyclic) bond motifs is 3. The first-order valence-electron chi connectivity index (χ1n) is 6.33. The van der Waals surface area contributed by atoms with Gasteiger partial charge in [0.15, 0.2) is 6.23 Å². The van der Waals surface area contributed by atoms with Crippen molar-refractivity contribution in [3.8, 4) is 11.5 Å². The summed E-state index contributed by atoms with van der Waals surface area (Å²) in [6.07, 6.45) is 1.72. The van der Waals surface area contributed by atoms with E-state index in [0.717, 1.165) is 11.3 Å². The summed E-state index contributed by atoms with van der Waals surface area (Å²) >= 11 is 0. The van der Waals surface area contributed by atoms with Crippen molar-refractivity contribution in [1.82, 2.24) is 14.9 Å². The minimum atomic E-state index is 0.180. The van der Waals surface area contributed by atoms with E-state index in [4.69, 9.17) is 15.2 Å². The minimum Gasteiger partial charge on any atom is -0.473 e. The van der Waals surface area contributed by atoms with Crippen LogP contribution in [0, 0.1) is 0 Å². The number of aromatic amines is 1. The van der Waals surface area contributed by atoms with Crippen LogP contribution < -0.4 is 25.9 Å². The molecule has 0 amide bonds. The van der Waals surface area contributed by atoms with E-state index in [9.17, 15) is 0 Å². The number of nitrogens with two attached hydrogens (primary N) is 1. The zero-order valence-corrected chi connectivity index (χ0v) is 11.0. The van der Waals surface area contributed by atoms with Crippen LogP contribution >= 0.6 is 0 Å². The molecule has 1 aromatic carbocycles. The topological polar surface area (TPSA) is 76.2 Å². The van der Waals surface area contributed by atoms with Gasteiger partial charge in [-0.15, -0.1) is 0 Å². The summed E-state index contributed by atoms with van der Waals surface area (Å²) in [7, 11) is 2.03. The van der Waals surface area contributed by atoms with Crippen molar-refractivity contribution in [2.24, 2.45) is 5.73 Å². The standard InChI is InChI=1S/C14H14N4O2/c1-7-11(17-6-16-7)13(15)19-8-3-4-10-9(5-8)12-14(20-10)18(12)2/h3-6,12,14H,1,15H2,2H3,(H,16,17)/b13-11-/t12-,14+,18?/m1/s1. The maximum Gasteiger partial charge on any atom is 0.219 e. The minimum absolute atomic E-state index is 0.180. The lowest BCUT2D eigenvalue weighted by Gasteiger charge is -2.09. The van der Waals surface area contributed by atoms with Gasteiger partial charge >= 0.3 is 0 Å². The largest absolute Gasteiger partial charge is 0.473 e. The molecule has 20 heavy (non-hydrogen) atoms. The van der Waals surface area contributed by atoms with E-state index in [1.165, 1.54) is 6.33 Å². The number of benzene rings is 1. The molecule has 1 aromatic heterocycles. The number of imidazole rings is 1. The van der Waals surface area contributed by atoms with Gasteiger partial charge in [0.25, 0.3) is 0 Å². The second kappa shape index (κ2) is 3.77. The first kappa shape index (κ1) is 11.4. The Morgan fingerprint density at radius 1 is 1.55 bits per heavy atom. The molecule has 4 rings (SSSR count). The van der Waals surface area contributed by atoms with Crippen LogP contribution in [0.5, 0.6) is 11.5 Å². The number of H-pyrrole nitrogens is 1. The molecule has 2 aliphatic heterocycles. The van der Waals surface area contributed by atoms with Gasteiger partial charge in [0.1, 0.15) is 16.8 Å². The first-order chi connectivity index (χ1) is 9.65. The lowest BCUT2D eigenvalue weighted by molar-refractivity contribution is 0.253. The van der Waals surface area contributed by atoms with Gasteiger partial charge in [-0.2, -0.15) is 0 Å². The zero-order valence-electron chi connectivity index (χ0n) is 11.0. The normalized spacial score (nSPS) is 27.4. The molecule has 1 saturated heterocycles. The number of hydrogen-bond acceptors (Lipinski definition) is 5. The third kappa shape index (κ3) is 1.51. The highest BCUT2D eigenvalue weighted by Gasteiger charge is 2.54. The SMILES string of the molecule is C=c1[nH]cn/c1=C(/N)Oc1ccc2c(c1)[C@@H]1[C@H](O2)N1C. The fourth-order valence-corrected chi connectivity index (χ4v) is 2.60. The predicted molar refractivity (Wildman–Crippen MR) is 72.9 cm³/mol. The lowest BCUT2D eigenvalue weighted by Crippen LogP contribution is -2.31. The molecule has 0 saturated carbocycles. The molecule has 1 fully saturated rings. The van der Waals surface area contributed by atoms with Crippen LogP contribution in [0.2, 0.25) is 0 Å². The number of aromatic nitrogens is 2. The number of nitrogens with one attached hydrogen (secondary N) is 1. The average Bonchev–Trinajstić information content (AvgIpc) is 2.81.